The molecule has 0 atom stereocenters. The third kappa shape index (κ3) is 5.41. The van der Waals surface area contributed by atoms with Gasteiger partial charge < -0.3 is 5.32 Å². The van der Waals surface area contributed by atoms with Crippen LogP contribution in [0.4, 0.5) is 5.69 Å². The molecule has 5 heteroatoms. The van der Waals surface area contributed by atoms with Gasteiger partial charge in [-0.2, -0.15) is 0 Å². The van der Waals surface area contributed by atoms with Crippen molar-refractivity contribution in [3.8, 4) is 0 Å². The van der Waals surface area contributed by atoms with Gasteiger partial charge >= 0.3 is 0 Å². The molecule has 0 aliphatic heterocycles. The number of aryl methyl sites for hydroxylation is 1. The number of hydrogen-bond acceptors (Lipinski definition) is 3. The fraction of sp³-hybridized carbons (Fsp3) is 0.500. The molecule has 17 heavy (non-hydrogen) atoms. The van der Waals surface area contributed by atoms with E-state index in [9.17, 15) is 8.42 Å². The molecule has 0 bridgehead atoms. The van der Waals surface area contributed by atoms with Gasteiger partial charge in [-0.15, -0.1) is 0 Å². The zero-order chi connectivity index (χ0) is 12.9. The van der Waals surface area contributed by atoms with Crippen LogP contribution in [0.5, 0.6) is 0 Å². The second-order valence-corrected chi connectivity index (χ2v) is 6.74. The van der Waals surface area contributed by atoms with E-state index in [1.807, 2.05) is 18.2 Å². The maximum Gasteiger partial charge on any atom is 0.147 e. The van der Waals surface area contributed by atoms with Gasteiger partial charge in [-0.1, -0.05) is 24.6 Å². The van der Waals surface area contributed by atoms with E-state index in [0.717, 1.165) is 22.7 Å². The Balaban J connectivity index is 2.45. The second kappa shape index (κ2) is 6.26. The Labute approximate surface area is 108 Å². The SMILES string of the molecule is CCc1ccc(NCCCS(C)(=O)=O)cc1Cl. The lowest BCUT2D eigenvalue weighted by molar-refractivity contribution is 0.600. The van der Waals surface area contributed by atoms with Crippen molar-refractivity contribution >= 4 is 27.1 Å². The van der Waals surface area contributed by atoms with Gasteiger partial charge in [-0.25, -0.2) is 8.42 Å². The number of sulfone groups is 1. The highest BCUT2D eigenvalue weighted by molar-refractivity contribution is 7.90. The lowest BCUT2D eigenvalue weighted by Crippen LogP contribution is -2.09. The van der Waals surface area contributed by atoms with E-state index in [-0.39, 0.29) is 5.75 Å². The molecular weight excluding hydrogens is 258 g/mol. The second-order valence-electron chi connectivity index (χ2n) is 4.07. The lowest BCUT2D eigenvalue weighted by atomic mass is 10.1. The van der Waals surface area contributed by atoms with E-state index < -0.39 is 9.84 Å². The Bertz CT molecular complexity index is 471. The van der Waals surface area contributed by atoms with E-state index in [1.54, 1.807) is 0 Å². The summed E-state index contributed by atoms with van der Waals surface area (Å²) in [5, 5.41) is 3.91. The highest BCUT2D eigenvalue weighted by atomic mass is 35.5. The highest BCUT2D eigenvalue weighted by Gasteiger charge is 2.02. The Kier molecular flexibility index (Phi) is 5.28. The third-order valence-corrected chi connectivity index (χ3v) is 3.84. The van der Waals surface area contributed by atoms with Gasteiger partial charge in [0.05, 0.1) is 5.75 Å². The van der Waals surface area contributed by atoms with Crippen molar-refractivity contribution < 1.29 is 8.42 Å². The molecule has 0 aliphatic rings. The number of nitrogens with one attached hydrogen (secondary N) is 1. The maximum absolute atomic E-state index is 10.9. The van der Waals surface area contributed by atoms with Crippen LogP contribution >= 0.6 is 11.6 Å². The number of halogens is 1. The van der Waals surface area contributed by atoms with Crippen LogP contribution in [0, 0.1) is 0 Å². The summed E-state index contributed by atoms with van der Waals surface area (Å²) in [6.07, 6.45) is 2.76. The van der Waals surface area contributed by atoms with Crippen molar-refractivity contribution in [1.29, 1.82) is 0 Å². The average molecular weight is 276 g/mol. The minimum Gasteiger partial charge on any atom is -0.385 e. The minimum absolute atomic E-state index is 0.209. The summed E-state index contributed by atoms with van der Waals surface area (Å²) >= 11 is 6.08. The Hall–Kier alpha value is -0.740. The normalized spacial score (nSPS) is 11.5. The van der Waals surface area contributed by atoms with Crippen LogP contribution in [0.15, 0.2) is 18.2 Å². The standard InChI is InChI=1S/C12H18ClNO2S/c1-3-10-5-6-11(9-12(10)13)14-7-4-8-17(2,15)16/h5-6,9,14H,3-4,7-8H2,1-2H3. The van der Waals surface area contributed by atoms with Crippen molar-refractivity contribution in [3.05, 3.63) is 28.8 Å². The first-order valence-corrected chi connectivity index (χ1v) is 8.06. The van der Waals surface area contributed by atoms with Gasteiger partial charge in [0.25, 0.3) is 0 Å². The van der Waals surface area contributed by atoms with Gasteiger partial charge in [-0.3, -0.25) is 0 Å². The largest absolute Gasteiger partial charge is 0.385 e. The molecule has 1 rings (SSSR count). The summed E-state index contributed by atoms with van der Waals surface area (Å²) < 4.78 is 21.9. The smallest absolute Gasteiger partial charge is 0.147 e. The zero-order valence-corrected chi connectivity index (χ0v) is 11.7. The molecule has 0 fully saturated rings. The van der Waals surface area contributed by atoms with E-state index >= 15 is 0 Å². The number of rotatable bonds is 6. The van der Waals surface area contributed by atoms with Crippen LogP contribution in [0.3, 0.4) is 0 Å². The number of benzene rings is 1. The molecule has 0 amide bonds. The minimum atomic E-state index is -2.86. The van der Waals surface area contributed by atoms with Gasteiger partial charge in [0.2, 0.25) is 0 Å². The molecule has 1 aromatic carbocycles. The van der Waals surface area contributed by atoms with Crippen LogP contribution in [0.1, 0.15) is 18.9 Å². The monoisotopic (exact) mass is 275 g/mol. The van der Waals surface area contributed by atoms with Gasteiger partial charge in [0, 0.05) is 23.5 Å². The first-order valence-electron chi connectivity index (χ1n) is 5.62. The molecule has 96 valence electrons. The van der Waals surface area contributed by atoms with E-state index in [1.165, 1.54) is 6.26 Å². The summed E-state index contributed by atoms with van der Waals surface area (Å²) in [6.45, 7) is 2.69. The van der Waals surface area contributed by atoms with Crippen molar-refractivity contribution in [2.45, 2.75) is 19.8 Å². The predicted octanol–water partition coefficient (Wildman–Crippen LogP) is 2.75. The summed E-state index contributed by atoms with van der Waals surface area (Å²) in [5.41, 5.74) is 2.05. The van der Waals surface area contributed by atoms with Crippen LogP contribution in [0.2, 0.25) is 5.02 Å². The molecule has 0 radical (unpaired) electrons. The Morgan fingerprint density at radius 3 is 2.59 bits per heavy atom. The third-order valence-electron chi connectivity index (χ3n) is 2.45. The summed E-state index contributed by atoms with van der Waals surface area (Å²) in [5.74, 6) is 0.209. The van der Waals surface area contributed by atoms with E-state index in [0.29, 0.717) is 13.0 Å². The van der Waals surface area contributed by atoms with Crippen LogP contribution < -0.4 is 5.32 Å². The number of hydrogen-bond donors (Lipinski definition) is 1. The first-order chi connectivity index (χ1) is 7.92. The predicted molar refractivity (Wildman–Crippen MR) is 73.6 cm³/mol. The fourth-order valence-electron chi connectivity index (χ4n) is 1.51. The lowest BCUT2D eigenvalue weighted by Gasteiger charge is -2.08. The van der Waals surface area contributed by atoms with Crippen LogP contribution in [-0.2, 0) is 16.3 Å². The maximum atomic E-state index is 10.9. The van der Waals surface area contributed by atoms with Crippen molar-refractivity contribution in [2.24, 2.45) is 0 Å². The van der Waals surface area contributed by atoms with Crippen LogP contribution in [-0.4, -0.2) is 27.0 Å². The number of anilines is 1. The molecule has 0 saturated heterocycles. The van der Waals surface area contributed by atoms with Gasteiger partial charge in [0.15, 0.2) is 0 Å². The average Bonchev–Trinajstić information content (AvgIpc) is 2.23. The quantitative estimate of drug-likeness (QED) is 0.812. The van der Waals surface area contributed by atoms with Gasteiger partial charge in [-0.05, 0) is 30.5 Å². The molecule has 0 aliphatic carbocycles. The summed E-state index contributed by atoms with van der Waals surface area (Å²) in [4.78, 5) is 0. The molecule has 0 unspecified atom stereocenters. The molecular formula is C12H18ClNO2S. The van der Waals surface area contributed by atoms with Crippen molar-refractivity contribution in [2.75, 3.05) is 23.9 Å². The Morgan fingerprint density at radius 1 is 1.35 bits per heavy atom. The van der Waals surface area contributed by atoms with E-state index in [4.69, 9.17) is 11.6 Å². The first kappa shape index (κ1) is 14.3. The topological polar surface area (TPSA) is 46.2 Å². The zero-order valence-electron chi connectivity index (χ0n) is 10.2. The van der Waals surface area contributed by atoms with Gasteiger partial charge in [0.1, 0.15) is 9.84 Å². The summed E-state index contributed by atoms with van der Waals surface area (Å²) in [7, 11) is -2.86. The Morgan fingerprint density at radius 2 is 2.06 bits per heavy atom. The molecule has 0 saturated carbocycles. The van der Waals surface area contributed by atoms with E-state index in [2.05, 4.69) is 12.2 Å². The molecule has 3 nitrogen and oxygen atoms in total. The molecule has 0 heterocycles. The summed E-state index contributed by atoms with van der Waals surface area (Å²) in [6, 6.07) is 5.83. The van der Waals surface area contributed by atoms with Crippen molar-refractivity contribution in [3.63, 3.8) is 0 Å². The molecule has 0 spiro atoms. The molecule has 0 aromatic heterocycles. The fourth-order valence-corrected chi connectivity index (χ4v) is 2.49. The molecule has 1 N–H and O–H groups in total. The van der Waals surface area contributed by atoms with Crippen LogP contribution in [0.25, 0.3) is 0 Å². The van der Waals surface area contributed by atoms with Crippen molar-refractivity contribution in [1.82, 2.24) is 0 Å². The molecule has 1 aromatic rings. The highest BCUT2D eigenvalue weighted by Crippen LogP contribution is 2.21.